The second kappa shape index (κ2) is 4.61. The van der Waals surface area contributed by atoms with Crippen LogP contribution in [0.3, 0.4) is 0 Å². The molecule has 0 fully saturated rings. The lowest BCUT2D eigenvalue weighted by molar-refractivity contribution is 0.0906. The van der Waals surface area contributed by atoms with Gasteiger partial charge in [-0.3, -0.25) is 4.79 Å². The van der Waals surface area contributed by atoms with Crippen LogP contribution in [0.25, 0.3) is 0 Å². The third kappa shape index (κ3) is 2.55. The van der Waals surface area contributed by atoms with Crippen molar-refractivity contribution in [3.05, 3.63) is 18.0 Å². The lowest BCUT2D eigenvalue weighted by atomic mass is 10.2. The van der Waals surface area contributed by atoms with E-state index in [1.54, 1.807) is 0 Å². The molecule has 2 N–H and O–H groups in total. The number of aliphatic hydroxyl groups is 1. The first-order chi connectivity index (χ1) is 6.27. The molecule has 0 saturated carbocycles. The SMILES string of the molecule is CC[C@@H](CO)NC(=O)c1ccon1. The van der Waals surface area contributed by atoms with Crippen LogP contribution in [0.15, 0.2) is 16.9 Å². The molecule has 0 aromatic carbocycles. The Hall–Kier alpha value is -1.36. The van der Waals surface area contributed by atoms with Crippen molar-refractivity contribution in [2.24, 2.45) is 0 Å². The standard InChI is InChI=1S/C8H12N2O3/c1-2-6(5-11)9-8(12)7-3-4-13-10-7/h3-4,6,11H,2,5H2,1H3,(H,9,12)/t6-/m0/s1. The quantitative estimate of drug-likeness (QED) is 0.699. The third-order valence-electron chi connectivity index (χ3n) is 1.72. The summed E-state index contributed by atoms with van der Waals surface area (Å²) in [4.78, 5) is 11.3. The number of amides is 1. The molecular weight excluding hydrogens is 172 g/mol. The van der Waals surface area contributed by atoms with Crippen molar-refractivity contribution in [2.45, 2.75) is 19.4 Å². The van der Waals surface area contributed by atoms with Crippen molar-refractivity contribution < 1.29 is 14.4 Å². The molecule has 1 aromatic heterocycles. The van der Waals surface area contributed by atoms with E-state index >= 15 is 0 Å². The first kappa shape index (κ1) is 9.73. The highest BCUT2D eigenvalue weighted by Gasteiger charge is 2.12. The number of rotatable bonds is 4. The van der Waals surface area contributed by atoms with E-state index in [-0.39, 0.29) is 24.2 Å². The molecule has 0 spiro atoms. The number of aromatic nitrogens is 1. The maximum atomic E-state index is 11.3. The molecule has 1 rings (SSSR count). The smallest absolute Gasteiger partial charge is 0.273 e. The molecule has 0 aliphatic carbocycles. The number of nitrogens with one attached hydrogen (secondary N) is 1. The molecule has 1 amide bonds. The van der Waals surface area contributed by atoms with Gasteiger partial charge in [-0.1, -0.05) is 12.1 Å². The van der Waals surface area contributed by atoms with E-state index in [4.69, 9.17) is 5.11 Å². The zero-order valence-electron chi connectivity index (χ0n) is 7.36. The average molecular weight is 184 g/mol. The van der Waals surface area contributed by atoms with Gasteiger partial charge in [0, 0.05) is 6.07 Å². The fourth-order valence-corrected chi connectivity index (χ4v) is 0.866. The summed E-state index contributed by atoms with van der Waals surface area (Å²) >= 11 is 0. The zero-order chi connectivity index (χ0) is 9.68. The van der Waals surface area contributed by atoms with Crippen LogP contribution in [0.4, 0.5) is 0 Å². The minimum atomic E-state index is -0.324. The lowest BCUT2D eigenvalue weighted by Crippen LogP contribution is -2.37. The number of carbonyl (C=O) groups excluding carboxylic acids is 1. The molecule has 1 aromatic rings. The van der Waals surface area contributed by atoms with Crippen LogP contribution in [0.5, 0.6) is 0 Å². The van der Waals surface area contributed by atoms with E-state index in [0.717, 1.165) is 0 Å². The van der Waals surface area contributed by atoms with Crippen molar-refractivity contribution in [3.63, 3.8) is 0 Å². The second-order valence-corrected chi connectivity index (χ2v) is 2.65. The molecule has 0 unspecified atom stereocenters. The van der Waals surface area contributed by atoms with Gasteiger partial charge in [-0.2, -0.15) is 0 Å². The number of carbonyl (C=O) groups is 1. The van der Waals surface area contributed by atoms with Gasteiger partial charge in [0.05, 0.1) is 12.6 Å². The lowest BCUT2D eigenvalue weighted by Gasteiger charge is -2.11. The highest BCUT2D eigenvalue weighted by Crippen LogP contribution is 1.96. The fraction of sp³-hybridized carbons (Fsp3) is 0.500. The molecule has 0 bridgehead atoms. The van der Waals surface area contributed by atoms with E-state index in [1.165, 1.54) is 12.3 Å². The molecule has 0 saturated heterocycles. The van der Waals surface area contributed by atoms with Crippen LogP contribution in [0.1, 0.15) is 23.8 Å². The van der Waals surface area contributed by atoms with Gasteiger partial charge in [0.25, 0.3) is 5.91 Å². The van der Waals surface area contributed by atoms with Gasteiger partial charge in [0.15, 0.2) is 5.69 Å². The molecular formula is C8H12N2O3. The van der Waals surface area contributed by atoms with Gasteiger partial charge in [-0.05, 0) is 6.42 Å². The molecule has 0 aliphatic heterocycles. The Balaban J connectivity index is 2.50. The second-order valence-electron chi connectivity index (χ2n) is 2.65. The van der Waals surface area contributed by atoms with Crippen LogP contribution in [0, 0.1) is 0 Å². The average Bonchev–Trinajstić information content (AvgIpc) is 2.66. The van der Waals surface area contributed by atoms with Gasteiger partial charge in [-0.25, -0.2) is 0 Å². The van der Waals surface area contributed by atoms with Crippen LogP contribution in [-0.4, -0.2) is 28.8 Å². The summed E-state index contributed by atoms with van der Waals surface area (Å²) in [6, 6.07) is 1.25. The molecule has 5 nitrogen and oxygen atoms in total. The predicted molar refractivity (Wildman–Crippen MR) is 45.1 cm³/mol. The Morgan fingerprint density at radius 2 is 2.62 bits per heavy atom. The van der Waals surface area contributed by atoms with Crippen molar-refractivity contribution in [2.75, 3.05) is 6.61 Å². The Morgan fingerprint density at radius 1 is 1.85 bits per heavy atom. The molecule has 1 atom stereocenters. The van der Waals surface area contributed by atoms with Gasteiger partial charge < -0.3 is 14.9 Å². The maximum Gasteiger partial charge on any atom is 0.273 e. The van der Waals surface area contributed by atoms with Gasteiger partial charge >= 0.3 is 0 Å². The van der Waals surface area contributed by atoms with E-state index in [1.807, 2.05) is 6.92 Å². The van der Waals surface area contributed by atoms with Crippen LogP contribution in [0.2, 0.25) is 0 Å². The highest BCUT2D eigenvalue weighted by atomic mass is 16.5. The first-order valence-corrected chi connectivity index (χ1v) is 4.10. The highest BCUT2D eigenvalue weighted by molar-refractivity contribution is 5.92. The van der Waals surface area contributed by atoms with Crippen molar-refractivity contribution in [3.8, 4) is 0 Å². The number of hydrogen-bond donors (Lipinski definition) is 2. The number of aliphatic hydroxyl groups excluding tert-OH is 1. The van der Waals surface area contributed by atoms with Crippen LogP contribution >= 0.6 is 0 Å². The Morgan fingerprint density at radius 3 is 3.08 bits per heavy atom. The summed E-state index contributed by atoms with van der Waals surface area (Å²) in [5, 5.41) is 14.9. The Kier molecular flexibility index (Phi) is 3.45. The number of nitrogens with zero attached hydrogens (tertiary/aromatic N) is 1. The minimum Gasteiger partial charge on any atom is -0.394 e. The van der Waals surface area contributed by atoms with Crippen LogP contribution < -0.4 is 5.32 Å². The van der Waals surface area contributed by atoms with Crippen molar-refractivity contribution >= 4 is 5.91 Å². The van der Waals surface area contributed by atoms with E-state index in [2.05, 4.69) is 15.0 Å². The van der Waals surface area contributed by atoms with Gasteiger partial charge in [0.2, 0.25) is 0 Å². The van der Waals surface area contributed by atoms with Crippen LogP contribution in [-0.2, 0) is 0 Å². The molecule has 72 valence electrons. The normalized spacial score (nSPS) is 12.5. The number of hydrogen-bond acceptors (Lipinski definition) is 4. The Labute approximate surface area is 75.7 Å². The summed E-state index contributed by atoms with van der Waals surface area (Å²) in [5.74, 6) is -0.324. The largest absolute Gasteiger partial charge is 0.394 e. The topological polar surface area (TPSA) is 75.4 Å². The molecule has 1 heterocycles. The monoisotopic (exact) mass is 184 g/mol. The minimum absolute atomic E-state index is 0.0694. The van der Waals surface area contributed by atoms with Crippen molar-refractivity contribution in [1.29, 1.82) is 0 Å². The fourth-order valence-electron chi connectivity index (χ4n) is 0.866. The Bertz CT molecular complexity index is 254. The summed E-state index contributed by atoms with van der Waals surface area (Å²) in [5.41, 5.74) is 0.229. The molecule has 13 heavy (non-hydrogen) atoms. The molecule has 0 radical (unpaired) electrons. The first-order valence-electron chi connectivity index (χ1n) is 4.10. The zero-order valence-corrected chi connectivity index (χ0v) is 7.36. The molecule has 5 heteroatoms. The van der Waals surface area contributed by atoms with Crippen molar-refractivity contribution in [1.82, 2.24) is 10.5 Å². The van der Waals surface area contributed by atoms with Gasteiger partial charge in [-0.15, -0.1) is 0 Å². The summed E-state index contributed by atoms with van der Waals surface area (Å²) in [7, 11) is 0. The summed E-state index contributed by atoms with van der Waals surface area (Å²) in [6.07, 6.45) is 2.01. The van der Waals surface area contributed by atoms with E-state index < -0.39 is 0 Å². The predicted octanol–water partition coefficient (Wildman–Crippen LogP) is 0.175. The van der Waals surface area contributed by atoms with E-state index in [9.17, 15) is 4.79 Å². The summed E-state index contributed by atoms with van der Waals surface area (Å²) < 4.78 is 4.51. The maximum absolute atomic E-state index is 11.3. The third-order valence-corrected chi connectivity index (χ3v) is 1.72. The van der Waals surface area contributed by atoms with Gasteiger partial charge in [0.1, 0.15) is 6.26 Å². The summed E-state index contributed by atoms with van der Waals surface area (Å²) in [6.45, 7) is 1.81. The van der Waals surface area contributed by atoms with E-state index in [0.29, 0.717) is 6.42 Å². The molecule has 0 aliphatic rings.